The van der Waals surface area contributed by atoms with Gasteiger partial charge in [0.2, 0.25) is 0 Å². The molecule has 0 spiro atoms. The van der Waals surface area contributed by atoms with Crippen LogP contribution in [0.15, 0.2) is 0 Å². The lowest BCUT2D eigenvalue weighted by molar-refractivity contribution is -0.243. The number of hydrogen-bond acceptors (Lipinski definition) is 5. The van der Waals surface area contributed by atoms with Crippen molar-refractivity contribution in [1.29, 1.82) is 0 Å². The molecule has 0 aromatic carbocycles. The van der Waals surface area contributed by atoms with E-state index in [1.165, 1.54) is 13.8 Å². The molecule has 5 heteroatoms. The average molecular weight is 240 g/mol. The van der Waals surface area contributed by atoms with Crippen LogP contribution in [-0.2, 0) is 23.9 Å². The molecule has 0 atom stereocenters. The Bertz CT molecular complexity index is 341. The van der Waals surface area contributed by atoms with Gasteiger partial charge in [0.25, 0.3) is 5.79 Å². The molecule has 0 radical (unpaired) electrons. The van der Waals surface area contributed by atoms with Crippen molar-refractivity contribution in [3.8, 4) is 0 Å². The van der Waals surface area contributed by atoms with E-state index in [0.29, 0.717) is 25.7 Å². The molecule has 0 unspecified atom stereocenters. The number of Topliss-reactive ketones (excluding diaryl/α,β-unsaturated/α-hetero) is 1. The number of ether oxygens (including phenoxy) is 2. The Balaban J connectivity index is 2.08. The van der Waals surface area contributed by atoms with E-state index in [0.717, 1.165) is 0 Å². The Morgan fingerprint density at radius 3 is 1.94 bits per heavy atom. The first-order chi connectivity index (χ1) is 7.89. The fraction of sp³-hybridized carbons (Fsp3) is 0.750. The Kier molecular flexibility index (Phi) is 2.93. The highest BCUT2D eigenvalue weighted by atomic mass is 16.7. The van der Waals surface area contributed by atoms with Crippen LogP contribution in [-0.4, -0.2) is 23.5 Å². The fourth-order valence-electron chi connectivity index (χ4n) is 2.41. The molecule has 2 rings (SSSR count). The summed E-state index contributed by atoms with van der Waals surface area (Å²) in [6.45, 7) is 3.06. The molecule has 2 fully saturated rings. The molecule has 1 aliphatic carbocycles. The van der Waals surface area contributed by atoms with Crippen LogP contribution < -0.4 is 0 Å². The maximum absolute atomic E-state index is 11.8. The standard InChI is InChI=1S/C12H16O5/c1-12(2)16-10(14)9(11(15)17-12)7-3-5-8(13)6-4-7/h7,9H,3-6H2,1-2H3. The molecule has 94 valence electrons. The number of carbonyl (C=O) groups excluding carboxylic acids is 3. The molecule has 0 bridgehead atoms. The third-order valence-electron chi connectivity index (χ3n) is 3.26. The minimum absolute atomic E-state index is 0.121. The minimum Gasteiger partial charge on any atom is -0.422 e. The van der Waals surface area contributed by atoms with E-state index in [-0.39, 0.29) is 11.7 Å². The molecule has 2 aliphatic rings. The number of esters is 2. The smallest absolute Gasteiger partial charge is 0.323 e. The van der Waals surface area contributed by atoms with Crippen molar-refractivity contribution >= 4 is 17.7 Å². The summed E-state index contributed by atoms with van der Waals surface area (Å²) in [5.41, 5.74) is 0. The van der Waals surface area contributed by atoms with Crippen molar-refractivity contribution in [3.63, 3.8) is 0 Å². The van der Waals surface area contributed by atoms with Gasteiger partial charge in [-0.05, 0) is 18.8 Å². The Morgan fingerprint density at radius 1 is 1.00 bits per heavy atom. The predicted molar refractivity (Wildman–Crippen MR) is 56.7 cm³/mol. The van der Waals surface area contributed by atoms with Gasteiger partial charge < -0.3 is 9.47 Å². The zero-order valence-electron chi connectivity index (χ0n) is 10.0. The summed E-state index contributed by atoms with van der Waals surface area (Å²) in [6, 6.07) is 0. The topological polar surface area (TPSA) is 69.7 Å². The maximum atomic E-state index is 11.8. The molecular formula is C12H16O5. The third-order valence-corrected chi connectivity index (χ3v) is 3.26. The van der Waals surface area contributed by atoms with Crippen molar-refractivity contribution in [1.82, 2.24) is 0 Å². The number of rotatable bonds is 1. The molecule has 1 heterocycles. The van der Waals surface area contributed by atoms with E-state index in [1.807, 2.05) is 0 Å². The van der Waals surface area contributed by atoms with Crippen molar-refractivity contribution in [2.45, 2.75) is 45.3 Å². The maximum Gasteiger partial charge on any atom is 0.323 e. The summed E-state index contributed by atoms with van der Waals surface area (Å²) in [7, 11) is 0. The van der Waals surface area contributed by atoms with Gasteiger partial charge in [-0.3, -0.25) is 14.4 Å². The van der Waals surface area contributed by atoms with Gasteiger partial charge in [0.1, 0.15) is 5.78 Å². The molecule has 1 saturated carbocycles. The molecule has 1 aliphatic heterocycles. The van der Waals surface area contributed by atoms with E-state index in [9.17, 15) is 14.4 Å². The molecule has 17 heavy (non-hydrogen) atoms. The summed E-state index contributed by atoms with van der Waals surface area (Å²) >= 11 is 0. The van der Waals surface area contributed by atoms with Gasteiger partial charge >= 0.3 is 11.9 Å². The molecule has 0 aromatic rings. The Labute approximate surface area is 99.5 Å². The zero-order chi connectivity index (χ0) is 12.6. The van der Waals surface area contributed by atoms with Gasteiger partial charge in [0.05, 0.1) is 0 Å². The molecule has 1 saturated heterocycles. The summed E-state index contributed by atoms with van der Waals surface area (Å²) in [4.78, 5) is 34.7. The van der Waals surface area contributed by atoms with E-state index in [1.54, 1.807) is 0 Å². The molecule has 5 nitrogen and oxygen atoms in total. The van der Waals surface area contributed by atoms with Crippen molar-refractivity contribution in [2.24, 2.45) is 11.8 Å². The van der Waals surface area contributed by atoms with Crippen LogP contribution >= 0.6 is 0 Å². The highest BCUT2D eigenvalue weighted by Gasteiger charge is 2.47. The highest BCUT2D eigenvalue weighted by Crippen LogP contribution is 2.34. The summed E-state index contributed by atoms with van der Waals surface area (Å²) in [5.74, 6) is -3.00. The SMILES string of the molecule is CC1(C)OC(=O)C(C2CCC(=O)CC2)C(=O)O1. The molecular weight excluding hydrogens is 224 g/mol. The summed E-state index contributed by atoms with van der Waals surface area (Å²) in [5, 5.41) is 0. The molecule has 0 N–H and O–H groups in total. The summed E-state index contributed by atoms with van der Waals surface area (Å²) in [6.07, 6.45) is 2.00. The van der Waals surface area contributed by atoms with Crippen LogP contribution in [0.4, 0.5) is 0 Å². The van der Waals surface area contributed by atoms with Gasteiger partial charge in [-0.15, -0.1) is 0 Å². The van der Waals surface area contributed by atoms with Crippen LogP contribution in [0, 0.1) is 11.8 Å². The molecule has 0 amide bonds. The van der Waals surface area contributed by atoms with Crippen LogP contribution in [0.2, 0.25) is 0 Å². The number of hydrogen-bond donors (Lipinski definition) is 0. The van der Waals surface area contributed by atoms with Crippen LogP contribution in [0.5, 0.6) is 0 Å². The number of ketones is 1. The normalized spacial score (nSPS) is 26.6. The second-order valence-corrected chi connectivity index (χ2v) is 5.10. The van der Waals surface area contributed by atoms with Crippen LogP contribution in [0.25, 0.3) is 0 Å². The average Bonchev–Trinajstić information content (AvgIpc) is 2.18. The fourth-order valence-corrected chi connectivity index (χ4v) is 2.41. The summed E-state index contributed by atoms with van der Waals surface area (Å²) < 4.78 is 10.1. The van der Waals surface area contributed by atoms with Gasteiger partial charge in [0, 0.05) is 26.7 Å². The lowest BCUT2D eigenvalue weighted by Gasteiger charge is -2.36. The monoisotopic (exact) mass is 240 g/mol. The Hall–Kier alpha value is -1.39. The molecule has 0 aromatic heterocycles. The van der Waals surface area contributed by atoms with E-state index >= 15 is 0 Å². The van der Waals surface area contributed by atoms with Crippen molar-refractivity contribution < 1.29 is 23.9 Å². The lowest BCUT2D eigenvalue weighted by atomic mass is 9.79. The predicted octanol–water partition coefficient (Wildman–Crippen LogP) is 1.20. The van der Waals surface area contributed by atoms with Crippen LogP contribution in [0.3, 0.4) is 0 Å². The third kappa shape index (κ3) is 2.48. The van der Waals surface area contributed by atoms with E-state index in [2.05, 4.69) is 0 Å². The zero-order valence-corrected chi connectivity index (χ0v) is 10.0. The van der Waals surface area contributed by atoms with Gasteiger partial charge in [-0.1, -0.05) is 0 Å². The lowest BCUT2D eigenvalue weighted by Crippen LogP contribution is -2.49. The van der Waals surface area contributed by atoms with Gasteiger partial charge in [-0.25, -0.2) is 0 Å². The van der Waals surface area contributed by atoms with E-state index < -0.39 is 23.6 Å². The first kappa shape index (κ1) is 12.1. The first-order valence-corrected chi connectivity index (χ1v) is 5.86. The van der Waals surface area contributed by atoms with E-state index in [4.69, 9.17) is 9.47 Å². The number of carbonyl (C=O) groups is 3. The van der Waals surface area contributed by atoms with Gasteiger partial charge in [0.15, 0.2) is 5.92 Å². The van der Waals surface area contributed by atoms with Gasteiger partial charge in [-0.2, -0.15) is 0 Å². The number of cyclic esters (lactones) is 2. The van der Waals surface area contributed by atoms with Crippen LogP contribution in [0.1, 0.15) is 39.5 Å². The van der Waals surface area contributed by atoms with Crippen molar-refractivity contribution in [3.05, 3.63) is 0 Å². The minimum atomic E-state index is -1.17. The Morgan fingerprint density at radius 2 is 1.47 bits per heavy atom. The highest BCUT2D eigenvalue weighted by molar-refractivity contribution is 5.97. The first-order valence-electron chi connectivity index (χ1n) is 5.86. The van der Waals surface area contributed by atoms with Crippen molar-refractivity contribution in [2.75, 3.05) is 0 Å². The largest absolute Gasteiger partial charge is 0.422 e. The second-order valence-electron chi connectivity index (χ2n) is 5.10. The second kappa shape index (κ2) is 4.13. The quantitative estimate of drug-likeness (QED) is 0.508.